The molecule has 0 aromatic heterocycles. The van der Waals surface area contributed by atoms with Crippen molar-refractivity contribution in [2.24, 2.45) is 0 Å². The molecular weight excluding hydrogens is 356 g/mol. The fourth-order valence-electron chi connectivity index (χ4n) is 1.91. The van der Waals surface area contributed by atoms with Crippen molar-refractivity contribution in [2.75, 3.05) is 14.1 Å². The van der Waals surface area contributed by atoms with Crippen LogP contribution in [0.5, 0.6) is 0 Å². The van der Waals surface area contributed by atoms with Gasteiger partial charge in [-0.05, 0) is 38.5 Å². The van der Waals surface area contributed by atoms with E-state index in [1.165, 1.54) is 32.3 Å². The minimum Gasteiger partial charge on any atom is -0.481 e. The number of hydrogen-bond acceptors (Lipinski definition) is 5. The minimum absolute atomic E-state index is 0.0945. The first-order valence-corrected chi connectivity index (χ1v) is 9.99. The average Bonchev–Trinajstić information content (AvgIpc) is 2.44. The lowest BCUT2D eigenvalue weighted by Gasteiger charge is -2.25. The molecule has 0 aliphatic heterocycles. The Hall–Kier alpha value is -1.49. The van der Waals surface area contributed by atoms with Crippen LogP contribution in [0.3, 0.4) is 0 Å². The second-order valence-corrected chi connectivity index (χ2v) is 9.98. The molecule has 1 aromatic carbocycles. The second kappa shape index (κ2) is 7.18. The number of hydrogen-bond donors (Lipinski definition) is 2. The lowest BCUT2D eigenvalue weighted by molar-refractivity contribution is -0.137. The van der Waals surface area contributed by atoms with Crippen LogP contribution >= 0.6 is 0 Å². The van der Waals surface area contributed by atoms with Gasteiger partial charge >= 0.3 is 5.97 Å². The summed E-state index contributed by atoms with van der Waals surface area (Å²) in [5.41, 5.74) is -0.992. The SMILES string of the molecule is CN(C)S(=O)(=O)c1cccc(S(=O)(=O)NC(C)(C)CCC(=O)O)c1. The Morgan fingerprint density at radius 2 is 1.71 bits per heavy atom. The van der Waals surface area contributed by atoms with Crippen molar-refractivity contribution in [1.82, 2.24) is 9.03 Å². The van der Waals surface area contributed by atoms with Crippen molar-refractivity contribution >= 4 is 26.0 Å². The van der Waals surface area contributed by atoms with E-state index in [1.54, 1.807) is 13.8 Å². The molecule has 0 saturated heterocycles. The van der Waals surface area contributed by atoms with Crippen LogP contribution in [-0.4, -0.2) is 51.9 Å². The van der Waals surface area contributed by atoms with Gasteiger partial charge in [0.2, 0.25) is 20.0 Å². The van der Waals surface area contributed by atoms with Gasteiger partial charge in [0.25, 0.3) is 0 Å². The Kier molecular flexibility index (Phi) is 6.15. The van der Waals surface area contributed by atoms with E-state index in [1.807, 2.05) is 0 Å². The number of benzene rings is 1. The highest BCUT2D eigenvalue weighted by atomic mass is 32.2. The number of rotatable bonds is 8. The van der Waals surface area contributed by atoms with E-state index in [2.05, 4.69) is 4.72 Å². The van der Waals surface area contributed by atoms with Crippen LogP contribution in [0, 0.1) is 0 Å². The lowest BCUT2D eigenvalue weighted by Crippen LogP contribution is -2.43. The van der Waals surface area contributed by atoms with Gasteiger partial charge in [0, 0.05) is 26.1 Å². The van der Waals surface area contributed by atoms with E-state index in [9.17, 15) is 21.6 Å². The van der Waals surface area contributed by atoms with Crippen molar-refractivity contribution in [3.63, 3.8) is 0 Å². The summed E-state index contributed by atoms with van der Waals surface area (Å²) < 4.78 is 52.6. The van der Waals surface area contributed by atoms with Gasteiger partial charge in [0.1, 0.15) is 0 Å². The molecule has 0 aliphatic carbocycles. The molecule has 0 bridgehead atoms. The number of aliphatic carboxylic acids is 1. The number of nitrogens with zero attached hydrogens (tertiary/aromatic N) is 1. The molecule has 10 heteroatoms. The smallest absolute Gasteiger partial charge is 0.303 e. The second-order valence-electron chi connectivity index (χ2n) is 6.15. The zero-order chi connectivity index (χ0) is 18.8. The molecule has 0 amide bonds. The van der Waals surface area contributed by atoms with E-state index in [4.69, 9.17) is 5.11 Å². The maximum atomic E-state index is 12.5. The van der Waals surface area contributed by atoms with Crippen molar-refractivity contribution < 1.29 is 26.7 Å². The van der Waals surface area contributed by atoms with Crippen molar-refractivity contribution in [2.45, 2.75) is 42.0 Å². The van der Waals surface area contributed by atoms with Gasteiger partial charge in [-0.25, -0.2) is 25.9 Å². The molecule has 0 fully saturated rings. The van der Waals surface area contributed by atoms with Crippen LogP contribution in [-0.2, 0) is 24.8 Å². The maximum absolute atomic E-state index is 12.5. The highest BCUT2D eigenvalue weighted by molar-refractivity contribution is 7.90. The minimum atomic E-state index is -4.00. The third-order valence-electron chi connectivity index (χ3n) is 3.27. The van der Waals surface area contributed by atoms with Crippen LogP contribution in [0.4, 0.5) is 0 Å². The lowest BCUT2D eigenvalue weighted by atomic mass is 10.0. The van der Waals surface area contributed by atoms with Crippen molar-refractivity contribution in [3.05, 3.63) is 24.3 Å². The normalized spacial score (nSPS) is 13.2. The summed E-state index contributed by atoms with van der Waals surface area (Å²) in [6.45, 7) is 3.13. The Morgan fingerprint density at radius 1 is 1.17 bits per heavy atom. The highest BCUT2D eigenvalue weighted by Crippen LogP contribution is 2.21. The summed E-state index contributed by atoms with van der Waals surface area (Å²) in [4.78, 5) is 10.3. The van der Waals surface area contributed by atoms with Gasteiger partial charge < -0.3 is 5.11 Å². The molecule has 0 saturated carbocycles. The molecule has 2 N–H and O–H groups in total. The third-order valence-corrected chi connectivity index (χ3v) is 6.78. The molecule has 24 heavy (non-hydrogen) atoms. The molecule has 1 rings (SSSR count). The summed E-state index contributed by atoms with van der Waals surface area (Å²) in [6, 6.07) is 5.01. The van der Waals surface area contributed by atoms with Gasteiger partial charge in [-0.1, -0.05) is 6.07 Å². The predicted molar refractivity (Wildman–Crippen MR) is 88.6 cm³/mol. The summed E-state index contributed by atoms with van der Waals surface area (Å²) in [5.74, 6) is -1.03. The third kappa shape index (κ3) is 5.26. The number of carboxylic acids is 1. The first-order chi connectivity index (χ1) is 10.8. The first-order valence-electron chi connectivity index (χ1n) is 7.06. The Balaban J connectivity index is 3.14. The molecule has 136 valence electrons. The van der Waals surface area contributed by atoms with Gasteiger partial charge in [-0.15, -0.1) is 0 Å². The van der Waals surface area contributed by atoms with Gasteiger partial charge in [-0.3, -0.25) is 4.79 Å². The monoisotopic (exact) mass is 378 g/mol. The Morgan fingerprint density at radius 3 is 2.21 bits per heavy atom. The topological polar surface area (TPSA) is 121 Å². The predicted octanol–water partition coefficient (Wildman–Crippen LogP) is 0.859. The fraction of sp³-hybridized carbons (Fsp3) is 0.500. The van der Waals surface area contributed by atoms with Crippen LogP contribution in [0.15, 0.2) is 34.1 Å². The molecular formula is C14H22N2O6S2. The van der Waals surface area contributed by atoms with Crippen molar-refractivity contribution in [1.29, 1.82) is 0 Å². The van der Waals surface area contributed by atoms with E-state index < -0.39 is 31.6 Å². The molecule has 0 atom stereocenters. The zero-order valence-electron chi connectivity index (χ0n) is 14.0. The molecule has 8 nitrogen and oxygen atoms in total. The number of carboxylic acid groups (broad SMARTS) is 1. The van der Waals surface area contributed by atoms with Crippen LogP contribution < -0.4 is 4.72 Å². The number of carbonyl (C=O) groups is 1. The van der Waals surface area contributed by atoms with Gasteiger partial charge in [-0.2, -0.15) is 0 Å². The van der Waals surface area contributed by atoms with Crippen molar-refractivity contribution in [3.8, 4) is 0 Å². The van der Waals surface area contributed by atoms with E-state index in [0.29, 0.717) is 0 Å². The van der Waals surface area contributed by atoms with E-state index in [-0.39, 0.29) is 22.6 Å². The highest BCUT2D eigenvalue weighted by Gasteiger charge is 2.28. The maximum Gasteiger partial charge on any atom is 0.303 e. The summed E-state index contributed by atoms with van der Waals surface area (Å²) in [7, 11) is -5.06. The average molecular weight is 378 g/mol. The Labute approximate surface area is 142 Å². The summed E-state index contributed by atoms with van der Waals surface area (Å²) >= 11 is 0. The Bertz CT molecular complexity index is 813. The quantitative estimate of drug-likeness (QED) is 0.692. The summed E-state index contributed by atoms with van der Waals surface area (Å²) in [5, 5.41) is 8.72. The number of sulfonamides is 2. The molecule has 0 radical (unpaired) electrons. The van der Waals surface area contributed by atoms with Gasteiger partial charge in [0.05, 0.1) is 9.79 Å². The largest absolute Gasteiger partial charge is 0.481 e. The van der Waals surface area contributed by atoms with E-state index in [0.717, 1.165) is 10.4 Å². The van der Waals surface area contributed by atoms with E-state index >= 15 is 0 Å². The zero-order valence-corrected chi connectivity index (χ0v) is 15.6. The van der Waals surface area contributed by atoms with Crippen LogP contribution in [0.2, 0.25) is 0 Å². The first kappa shape index (κ1) is 20.6. The molecule has 0 spiro atoms. The molecule has 0 heterocycles. The summed E-state index contributed by atoms with van der Waals surface area (Å²) in [6.07, 6.45) is -0.0954. The molecule has 0 aliphatic rings. The number of nitrogens with one attached hydrogen (secondary N) is 1. The standard InChI is InChI=1S/C14H22N2O6S2/c1-14(2,9-8-13(17)18)15-23(19,20)11-6-5-7-12(10-11)24(21,22)16(3)4/h5-7,10,15H,8-9H2,1-4H3,(H,17,18). The molecule has 0 unspecified atom stereocenters. The molecule has 1 aromatic rings. The van der Waals surface area contributed by atoms with Crippen LogP contribution in [0.1, 0.15) is 26.7 Å². The fourth-order valence-corrected chi connectivity index (χ4v) is 4.42. The van der Waals surface area contributed by atoms with Crippen LogP contribution in [0.25, 0.3) is 0 Å². The van der Waals surface area contributed by atoms with Gasteiger partial charge in [0.15, 0.2) is 0 Å².